The van der Waals surface area contributed by atoms with Gasteiger partial charge in [-0.1, -0.05) is 37.3 Å². The maximum absolute atomic E-state index is 14.5. The quantitative estimate of drug-likeness (QED) is 0.527. The number of fused-ring (bicyclic) bond motifs is 1. The molecule has 0 radical (unpaired) electrons. The van der Waals surface area contributed by atoms with Crippen molar-refractivity contribution in [2.45, 2.75) is 19.8 Å². The second-order valence-corrected chi connectivity index (χ2v) is 8.22. The van der Waals surface area contributed by atoms with Crippen LogP contribution in [0.25, 0.3) is 22.3 Å². The molecule has 0 bridgehead atoms. The van der Waals surface area contributed by atoms with E-state index in [0.29, 0.717) is 35.2 Å². The van der Waals surface area contributed by atoms with E-state index in [1.807, 2.05) is 6.07 Å². The van der Waals surface area contributed by atoms with E-state index in [2.05, 4.69) is 22.5 Å². The Bertz CT molecular complexity index is 1130. The van der Waals surface area contributed by atoms with Gasteiger partial charge in [0, 0.05) is 17.7 Å². The van der Waals surface area contributed by atoms with Crippen molar-refractivity contribution in [1.82, 2.24) is 15.6 Å². The van der Waals surface area contributed by atoms with Gasteiger partial charge in [-0.2, -0.15) is 4.39 Å². The Morgan fingerprint density at radius 1 is 1.03 bits per heavy atom. The van der Waals surface area contributed by atoms with Gasteiger partial charge in [-0.05, 0) is 66.7 Å². The minimum absolute atomic E-state index is 0.0261. The molecule has 166 valence electrons. The van der Waals surface area contributed by atoms with Crippen molar-refractivity contribution in [3.63, 3.8) is 0 Å². The zero-order chi connectivity index (χ0) is 22.7. The van der Waals surface area contributed by atoms with Crippen molar-refractivity contribution < 1.29 is 13.6 Å². The third-order valence-corrected chi connectivity index (χ3v) is 5.79. The number of rotatable bonds is 2. The number of benzene rings is 2. The number of hydrogen-bond acceptors (Lipinski definition) is 4. The lowest BCUT2D eigenvalue weighted by Gasteiger charge is -2.19. The van der Waals surface area contributed by atoms with E-state index in [0.717, 1.165) is 5.92 Å². The van der Waals surface area contributed by atoms with Crippen LogP contribution in [0.15, 0.2) is 48.5 Å². The summed E-state index contributed by atoms with van der Waals surface area (Å²) in [6.45, 7) is 5.20. The molecule has 1 amide bonds. The molecule has 32 heavy (non-hydrogen) atoms. The molecule has 0 aliphatic carbocycles. The fourth-order valence-corrected chi connectivity index (χ4v) is 4.02. The van der Waals surface area contributed by atoms with Crippen molar-refractivity contribution in [2.24, 2.45) is 5.92 Å². The van der Waals surface area contributed by atoms with Gasteiger partial charge in [0.25, 0.3) is 5.91 Å². The third kappa shape index (κ3) is 4.62. The number of amides is 1. The van der Waals surface area contributed by atoms with Crippen molar-refractivity contribution >= 4 is 11.7 Å². The summed E-state index contributed by atoms with van der Waals surface area (Å²) in [6, 6.07) is 13.5. The predicted molar refractivity (Wildman–Crippen MR) is 122 cm³/mol. The molecule has 1 saturated heterocycles. The minimum atomic E-state index is -0.685. The second-order valence-electron chi connectivity index (χ2n) is 8.22. The lowest BCUT2D eigenvalue weighted by atomic mass is 9.93. The third-order valence-electron chi connectivity index (χ3n) is 5.79. The average Bonchev–Trinajstić information content (AvgIpc) is 3.25. The number of hydrogen-bond donors (Lipinski definition) is 3. The Balaban J connectivity index is 0.000000354. The first-order valence-electron chi connectivity index (χ1n) is 10.8. The minimum Gasteiger partial charge on any atom is -0.383 e. The molecule has 1 atom stereocenters. The Morgan fingerprint density at radius 2 is 1.81 bits per heavy atom. The molecule has 1 aromatic heterocycles. The highest BCUT2D eigenvalue weighted by atomic mass is 19.1. The molecule has 0 saturated carbocycles. The molecule has 2 aliphatic heterocycles. The average molecular weight is 437 g/mol. The number of nitrogens with one attached hydrogen (secondary N) is 2. The van der Waals surface area contributed by atoms with Crippen LogP contribution in [0.3, 0.4) is 0 Å². The molecular weight excluding hydrogens is 410 g/mol. The number of nitrogens with two attached hydrogens (primary N) is 1. The van der Waals surface area contributed by atoms with E-state index in [4.69, 9.17) is 5.73 Å². The van der Waals surface area contributed by atoms with Crippen LogP contribution in [0.5, 0.6) is 0 Å². The lowest BCUT2D eigenvalue weighted by Crippen LogP contribution is -2.32. The van der Waals surface area contributed by atoms with Gasteiger partial charge >= 0.3 is 0 Å². The van der Waals surface area contributed by atoms with Crippen LogP contribution >= 0.6 is 0 Å². The number of nitrogens with zero attached hydrogens (tertiary/aromatic N) is 1. The normalized spacial score (nSPS) is 17.2. The van der Waals surface area contributed by atoms with Crippen LogP contribution in [0.1, 0.15) is 29.3 Å². The molecule has 1 fully saturated rings. The van der Waals surface area contributed by atoms with Gasteiger partial charge in [0.05, 0.1) is 5.56 Å². The first-order chi connectivity index (χ1) is 15.4. The van der Waals surface area contributed by atoms with Gasteiger partial charge in [-0.25, -0.2) is 9.37 Å². The molecule has 0 spiro atoms. The molecule has 2 aromatic carbocycles. The van der Waals surface area contributed by atoms with Crippen molar-refractivity contribution in [3.05, 3.63) is 71.4 Å². The summed E-state index contributed by atoms with van der Waals surface area (Å²) in [6.07, 6.45) is 1.89. The van der Waals surface area contributed by atoms with Crippen LogP contribution in [0, 0.1) is 17.7 Å². The summed E-state index contributed by atoms with van der Waals surface area (Å²) < 4.78 is 28.8. The summed E-state index contributed by atoms with van der Waals surface area (Å²) >= 11 is 0. The van der Waals surface area contributed by atoms with E-state index in [1.54, 1.807) is 36.4 Å². The summed E-state index contributed by atoms with van der Waals surface area (Å²) in [4.78, 5) is 15.7. The lowest BCUT2D eigenvalue weighted by molar-refractivity contribution is 0.0941. The topological polar surface area (TPSA) is 80.0 Å². The molecule has 1 unspecified atom stereocenters. The summed E-state index contributed by atoms with van der Waals surface area (Å²) in [5.41, 5.74) is 8.39. The van der Waals surface area contributed by atoms with Crippen LogP contribution < -0.4 is 16.4 Å². The molecule has 7 heteroatoms. The number of carbonyl (C=O) groups excluding carboxylic acids is 1. The Kier molecular flexibility index (Phi) is 6.46. The summed E-state index contributed by atoms with van der Waals surface area (Å²) in [5.74, 6) is -0.827. The number of nitrogen functional groups attached to an aromatic ring is 1. The van der Waals surface area contributed by atoms with Crippen molar-refractivity contribution in [3.8, 4) is 22.3 Å². The van der Waals surface area contributed by atoms with Crippen molar-refractivity contribution in [1.29, 1.82) is 0 Å². The standard InChI is InChI=1S/C20H15F2N3O.C5H11N/c21-16-9-13(8-12-6-7-24-20(26)17(12)16)15-10-14(18(22)25-19(15)23)11-4-2-1-3-5-11;1-5-2-3-6-4-5/h1-5,8-10H,6-7H2,(H2,23,25)(H,24,26);5-6H,2-4H2,1H3. The van der Waals surface area contributed by atoms with E-state index in [1.165, 1.54) is 25.6 Å². The Morgan fingerprint density at radius 3 is 2.47 bits per heavy atom. The SMILES string of the molecule is CC1CCNC1.Nc1nc(F)c(-c2ccccc2)cc1-c1cc(F)c2c(c1)CCNC2=O. The van der Waals surface area contributed by atoms with Gasteiger partial charge in [0.15, 0.2) is 0 Å². The second kappa shape index (κ2) is 9.44. The van der Waals surface area contributed by atoms with Crippen LogP contribution in [-0.2, 0) is 6.42 Å². The first-order valence-corrected chi connectivity index (χ1v) is 10.8. The van der Waals surface area contributed by atoms with Gasteiger partial charge in [0.1, 0.15) is 11.6 Å². The van der Waals surface area contributed by atoms with Crippen LogP contribution in [0.4, 0.5) is 14.6 Å². The van der Waals surface area contributed by atoms with Crippen LogP contribution in [-0.4, -0.2) is 30.5 Å². The maximum atomic E-state index is 14.5. The number of aromatic nitrogens is 1. The molecule has 2 aliphatic rings. The smallest absolute Gasteiger partial charge is 0.254 e. The number of halogens is 2. The van der Waals surface area contributed by atoms with E-state index < -0.39 is 17.7 Å². The van der Waals surface area contributed by atoms with Crippen molar-refractivity contribution in [2.75, 3.05) is 25.4 Å². The van der Waals surface area contributed by atoms with Gasteiger partial charge < -0.3 is 16.4 Å². The first kappa shape index (κ1) is 21.9. The Hall–Kier alpha value is -3.32. The highest BCUT2D eigenvalue weighted by Crippen LogP contribution is 2.34. The monoisotopic (exact) mass is 436 g/mol. The molecule has 4 N–H and O–H groups in total. The fraction of sp³-hybridized carbons (Fsp3) is 0.280. The Labute approximate surface area is 186 Å². The van der Waals surface area contributed by atoms with Gasteiger partial charge in [-0.3, -0.25) is 4.79 Å². The van der Waals surface area contributed by atoms with Gasteiger partial charge in [-0.15, -0.1) is 0 Å². The number of anilines is 1. The largest absolute Gasteiger partial charge is 0.383 e. The molecule has 3 aromatic rings. The maximum Gasteiger partial charge on any atom is 0.254 e. The fourth-order valence-electron chi connectivity index (χ4n) is 4.02. The molecule has 3 heterocycles. The summed E-state index contributed by atoms with van der Waals surface area (Å²) in [7, 11) is 0. The van der Waals surface area contributed by atoms with E-state index >= 15 is 0 Å². The number of pyridine rings is 1. The van der Waals surface area contributed by atoms with Gasteiger partial charge in [0.2, 0.25) is 5.95 Å². The molecule has 5 rings (SSSR count). The van der Waals surface area contributed by atoms with E-state index in [-0.39, 0.29) is 16.9 Å². The zero-order valence-electron chi connectivity index (χ0n) is 17.9. The van der Waals surface area contributed by atoms with E-state index in [9.17, 15) is 13.6 Å². The van der Waals surface area contributed by atoms with Crippen LogP contribution in [0.2, 0.25) is 0 Å². The molecular formula is C25H26F2N4O. The highest BCUT2D eigenvalue weighted by molar-refractivity contribution is 5.98. The highest BCUT2D eigenvalue weighted by Gasteiger charge is 2.23. The number of carbonyl (C=O) groups is 1. The predicted octanol–water partition coefficient (Wildman–Crippen LogP) is 4.18. The summed E-state index contributed by atoms with van der Waals surface area (Å²) in [5, 5.41) is 5.89. The zero-order valence-corrected chi connectivity index (χ0v) is 17.9. The molecule has 5 nitrogen and oxygen atoms in total.